The smallest absolute Gasteiger partial charge is 0.265 e. The Morgan fingerprint density at radius 2 is 2.20 bits per heavy atom. The number of carbonyl (C=O) groups is 1. The molecule has 2 atom stereocenters. The molecule has 0 aliphatic heterocycles. The summed E-state index contributed by atoms with van der Waals surface area (Å²) in [5.74, 6) is 1.58. The van der Waals surface area contributed by atoms with Crippen molar-refractivity contribution in [2.45, 2.75) is 45.1 Å². The van der Waals surface area contributed by atoms with Crippen molar-refractivity contribution in [3.05, 3.63) is 4.88 Å². The quantitative estimate of drug-likeness (QED) is 0.779. The van der Waals surface area contributed by atoms with Gasteiger partial charge in [0.25, 0.3) is 5.91 Å². The first-order chi connectivity index (χ1) is 9.63. The van der Waals surface area contributed by atoms with Crippen LogP contribution in [0.2, 0.25) is 0 Å². The van der Waals surface area contributed by atoms with Crippen LogP contribution in [0.25, 0.3) is 0 Å². The van der Waals surface area contributed by atoms with Crippen LogP contribution in [0.5, 0.6) is 0 Å². The fourth-order valence-corrected chi connectivity index (χ4v) is 3.67. The van der Waals surface area contributed by atoms with Crippen LogP contribution in [0.1, 0.15) is 48.7 Å². The number of aromatic nitrogens is 1. The van der Waals surface area contributed by atoms with Gasteiger partial charge < -0.3 is 16.4 Å². The highest BCUT2D eigenvalue weighted by atomic mass is 32.1. The zero-order valence-electron chi connectivity index (χ0n) is 11.8. The summed E-state index contributed by atoms with van der Waals surface area (Å²) in [6.45, 7) is 3.02. The number of carbonyl (C=O) groups excluding carboxylic acids is 1. The van der Waals surface area contributed by atoms with Crippen molar-refractivity contribution in [3.63, 3.8) is 0 Å². The van der Waals surface area contributed by atoms with Crippen LogP contribution in [0.15, 0.2) is 0 Å². The average Bonchev–Trinajstić information content (AvgIpc) is 3.01. The van der Waals surface area contributed by atoms with E-state index in [0.717, 1.165) is 11.7 Å². The van der Waals surface area contributed by atoms with Crippen molar-refractivity contribution in [2.75, 3.05) is 17.6 Å². The van der Waals surface area contributed by atoms with Gasteiger partial charge >= 0.3 is 0 Å². The molecule has 5 nitrogen and oxygen atoms in total. The lowest BCUT2D eigenvalue weighted by Crippen LogP contribution is -2.30. The van der Waals surface area contributed by atoms with E-state index in [-0.39, 0.29) is 5.91 Å². The van der Waals surface area contributed by atoms with Gasteiger partial charge in [0, 0.05) is 12.6 Å². The molecule has 0 spiro atoms. The van der Waals surface area contributed by atoms with Crippen molar-refractivity contribution in [1.29, 1.82) is 0 Å². The van der Waals surface area contributed by atoms with Crippen LogP contribution in [0.3, 0.4) is 0 Å². The highest BCUT2D eigenvalue weighted by Gasteiger charge is 2.26. The molecule has 2 saturated carbocycles. The number of thiazole rings is 1. The van der Waals surface area contributed by atoms with Gasteiger partial charge in [-0.15, -0.1) is 0 Å². The van der Waals surface area contributed by atoms with Gasteiger partial charge in [0.15, 0.2) is 5.13 Å². The number of amides is 1. The number of hydrogen-bond donors (Lipinski definition) is 3. The van der Waals surface area contributed by atoms with Crippen molar-refractivity contribution in [2.24, 2.45) is 11.8 Å². The molecular formula is C14H22N4OS. The van der Waals surface area contributed by atoms with Crippen molar-refractivity contribution in [1.82, 2.24) is 10.3 Å². The Hall–Kier alpha value is -1.30. The lowest BCUT2D eigenvalue weighted by Gasteiger charge is -2.15. The third kappa shape index (κ3) is 3.06. The molecule has 0 radical (unpaired) electrons. The number of nitrogens with two attached hydrogens (primary N) is 1. The van der Waals surface area contributed by atoms with Crippen LogP contribution in [-0.2, 0) is 0 Å². The van der Waals surface area contributed by atoms with Crippen molar-refractivity contribution < 1.29 is 4.79 Å². The second kappa shape index (κ2) is 5.60. The molecule has 2 fully saturated rings. The maximum Gasteiger partial charge on any atom is 0.265 e. The van der Waals surface area contributed by atoms with Crippen LogP contribution in [0.4, 0.5) is 10.9 Å². The predicted molar refractivity (Wildman–Crippen MR) is 82.0 cm³/mol. The Kier molecular flexibility index (Phi) is 3.83. The normalized spacial score (nSPS) is 25.6. The molecule has 0 aromatic carbocycles. The van der Waals surface area contributed by atoms with E-state index in [9.17, 15) is 4.79 Å². The van der Waals surface area contributed by atoms with Crippen molar-refractivity contribution >= 4 is 28.2 Å². The van der Waals surface area contributed by atoms with Crippen LogP contribution >= 0.6 is 11.3 Å². The Morgan fingerprint density at radius 1 is 1.40 bits per heavy atom. The molecular weight excluding hydrogens is 272 g/mol. The minimum absolute atomic E-state index is 0.0806. The van der Waals surface area contributed by atoms with E-state index in [1.807, 2.05) is 0 Å². The van der Waals surface area contributed by atoms with Gasteiger partial charge in [-0.3, -0.25) is 4.79 Å². The molecule has 1 amide bonds. The molecule has 2 unspecified atom stereocenters. The van der Waals surface area contributed by atoms with Crippen molar-refractivity contribution in [3.8, 4) is 0 Å². The second-order valence-electron chi connectivity index (χ2n) is 6.03. The van der Waals surface area contributed by atoms with E-state index in [0.29, 0.717) is 28.6 Å². The number of hydrogen-bond acceptors (Lipinski definition) is 5. The van der Waals surface area contributed by atoms with Crippen LogP contribution in [-0.4, -0.2) is 23.5 Å². The topological polar surface area (TPSA) is 80.0 Å². The summed E-state index contributed by atoms with van der Waals surface area (Å²) in [5, 5.41) is 7.07. The monoisotopic (exact) mass is 294 g/mol. The molecule has 1 aromatic heterocycles. The molecule has 0 bridgehead atoms. The van der Waals surface area contributed by atoms with Crippen LogP contribution < -0.4 is 16.4 Å². The Bertz CT molecular complexity index is 497. The van der Waals surface area contributed by atoms with Gasteiger partial charge in [0.05, 0.1) is 0 Å². The first-order valence-electron chi connectivity index (χ1n) is 7.44. The highest BCUT2D eigenvalue weighted by molar-refractivity contribution is 7.18. The maximum atomic E-state index is 12.2. The lowest BCUT2D eigenvalue weighted by atomic mass is 9.98. The molecule has 1 aromatic rings. The second-order valence-corrected chi connectivity index (χ2v) is 7.03. The van der Waals surface area contributed by atoms with Gasteiger partial charge in [0.2, 0.25) is 0 Å². The van der Waals surface area contributed by atoms with Gasteiger partial charge in [0.1, 0.15) is 10.7 Å². The number of rotatable bonds is 5. The lowest BCUT2D eigenvalue weighted by molar-refractivity contribution is 0.0949. The molecule has 2 aliphatic carbocycles. The zero-order valence-corrected chi connectivity index (χ0v) is 12.6. The fraction of sp³-hybridized carbons (Fsp3) is 0.714. The standard InChI is InChI=1S/C14H22N4OS/c1-8-3-2-4-9(8)7-16-13(19)11-12(15)18-14(20-11)17-10-5-6-10/h8-10H,2-7,15H2,1H3,(H,16,19)(H,17,18). The van der Waals surface area contributed by atoms with E-state index in [1.54, 1.807) is 0 Å². The minimum atomic E-state index is -0.0806. The summed E-state index contributed by atoms with van der Waals surface area (Å²) in [5.41, 5.74) is 5.85. The molecule has 4 N–H and O–H groups in total. The van der Waals surface area contributed by atoms with E-state index < -0.39 is 0 Å². The number of nitrogens with one attached hydrogen (secondary N) is 2. The fourth-order valence-electron chi connectivity index (χ4n) is 2.79. The largest absolute Gasteiger partial charge is 0.382 e. The molecule has 0 saturated heterocycles. The first kappa shape index (κ1) is 13.7. The van der Waals surface area contributed by atoms with E-state index in [2.05, 4.69) is 22.5 Å². The summed E-state index contributed by atoms with van der Waals surface area (Å²) < 4.78 is 0. The Labute approximate surface area is 123 Å². The van der Waals surface area contributed by atoms with Gasteiger partial charge in [-0.05, 0) is 31.1 Å². The highest BCUT2D eigenvalue weighted by Crippen LogP contribution is 2.32. The Balaban J connectivity index is 1.57. The predicted octanol–water partition coefficient (Wildman–Crippen LogP) is 2.47. The summed E-state index contributed by atoms with van der Waals surface area (Å²) >= 11 is 1.36. The third-order valence-corrected chi connectivity index (χ3v) is 5.33. The first-order valence-corrected chi connectivity index (χ1v) is 8.26. The van der Waals surface area contributed by atoms with E-state index in [4.69, 9.17) is 5.73 Å². The molecule has 1 heterocycles. The third-order valence-electron chi connectivity index (χ3n) is 4.33. The maximum absolute atomic E-state index is 12.2. The molecule has 3 rings (SSSR count). The van der Waals surface area contributed by atoms with Gasteiger partial charge in [-0.1, -0.05) is 31.1 Å². The Morgan fingerprint density at radius 3 is 2.85 bits per heavy atom. The summed E-state index contributed by atoms with van der Waals surface area (Å²) in [7, 11) is 0. The summed E-state index contributed by atoms with van der Waals surface area (Å²) in [6.07, 6.45) is 6.13. The van der Waals surface area contributed by atoms with Gasteiger partial charge in [-0.25, -0.2) is 4.98 Å². The van der Waals surface area contributed by atoms with E-state index >= 15 is 0 Å². The number of nitrogen functional groups attached to an aromatic ring is 1. The zero-order chi connectivity index (χ0) is 14.1. The molecule has 6 heteroatoms. The molecule has 20 heavy (non-hydrogen) atoms. The SMILES string of the molecule is CC1CCCC1CNC(=O)c1sc(NC2CC2)nc1N. The number of nitrogens with zero attached hydrogens (tertiary/aromatic N) is 1. The molecule has 110 valence electrons. The van der Waals surface area contributed by atoms with Crippen LogP contribution in [0, 0.1) is 11.8 Å². The average molecular weight is 294 g/mol. The molecule has 2 aliphatic rings. The van der Waals surface area contributed by atoms with Gasteiger partial charge in [-0.2, -0.15) is 0 Å². The minimum Gasteiger partial charge on any atom is -0.382 e. The summed E-state index contributed by atoms with van der Waals surface area (Å²) in [4.78, 5) is 17.0. The number of anilines is 2. The van der Waals surface area contributed by atoms with E-state index in [1.165, 1.54) is 43.4 Å². The summed E-state index contributed by atoms with van der Waals surface area (Å²) in [6, 6.07) is 0.524.